The Morgan fingerprint density at radius 2 is 2.00 bits per heavy atom. The normalized spacial score (nSPS) is 16.9. The van der Waals surface area contributed by atoms with Gasteiger partial charge in [0.25, 0.3) is 5.91 Å². The lowest BCUT2D eigenvalue weighted by atomic mass is 10.0. The molecule has 0 saturated carbocycles. The second-order valence-corrected chi connectivity index (χ2v) is 8.63. The van der Waals surface area contributed by atoms with Crippen molar-refractivity contribution in [2.24, 2.45) is 0 Å². The van der Waals surface area contributed by atoms with Gasteiger partial charge in [-0.3, -0.25) is 4.79 Å². The first-order valence-corrected chi connectivity index (χ1v) is 10.6. The van der Waals surface area contributed by atoms with Crippen LogP contribution in [0.1, 0.15) is 35.3 Å². The smallest absolute Gasteiger partial charge is 0.251 e. The van der Waals surface area contributed by atoms with Gasteiger partial charge in [0, 0.05) is 22.8 Å². The van der Waals surface area contributed by atoms with E-state index in [0.29, 0.717) is 12.1 Å². The minimum Gasteiger partial charge on any atom is -0.345 e. The lowest BCUT2D eigenvalue weighted by molar-refractivity contribution is 0.0934. The summed E-state index contributed by atoms with van der Waals surface area (Å²) in [4.78, 5) is 13.9. The summed E-state index contributed by atoms with van der Waals surface area (Å²) in [6.07, 6.45) is 0.850. The van der Waals surface area contributed by atoms with E-state index in [4.69, 9.17) is 0 Å². The molecule has 1 heterocycles. The second-order valence-electron chi connectivity index (χ2n) is 5.73. The number of carbonyl (C=O) groups excluding carboxylic acids is 1. The van der Waals surface area contributed by atoms with Crippen molar-refractivity contribution in [3.63, 3.8) is 0 Å². The van der Waals surface area contributed by atoms with Crippen LogP contribution < -0.4 is 10.0 Å². The summed E-state index contributed by atoms with van der Waals surface area (Å²) in [6.45, 7) is 2.02. The Hall–Kier alpha value is -1.83. The zero-order valence-electron chi connectivity index (χ0n) is 13.9. The molecule has 132 valence electrons. The summed E-state index contributed by atoms with van der Waals surface area (Å²) in [5.74, 6) is 0.678. The van der Waals surface area contributed by atoms with E-state index in [1.807, 2.05) is 18.2 Å². The van der Waals surface area contributed by atoms with E-state index in [1.54, 1.807) is 30.8 Å². The maximum atomic E-state index is 12.6. The number of amides is 1. The Labute approximate surface area is 152 Å². The van der Waals surface area contributed by atoms with Crippen molar-refractivity contribution >= 4 is 27.7 Å². The summed E-state index contributed by atoms with van der Waals surface area (Å²) in [7, 11) is -3.58. The van der Waals surface area contributed by atoms with Gasteiger partial charge in [-0.05, 0) is 36.2 Å². The molecular formula is C18H20N2O3S2. The van der Waals surface area contributed by atoms with E-state index in [9.17, 15) is 13.2 Å². The Morgan fingerprint density at radius 1 is 1.20 bits per heavy atom. The number of carbonyl (C=O) groups is 1. The van der Waals surface area contributed by atoms with Crippen molar-refractivity contribution in [1.29, 1.82) is 0 Å². The molecule has 0 aliphatic carbocycles. The molecular weight excluding hydrogens is 356 g/mol. The van der Waals surface area contributed by atoms with E-state index >= 15 is 0 Å². The number of fused-ring (bicyclic) bond motifs is 1. The quantitative estimate of drug-likeness (QED) is 0.841. The molecule has 7 heteroatoms. The number of sulfonamides is 1. The van der Waals surface area contributed by atoms with Crippen LogP contribution in [-0.4, -0.2) is 26.6 Å². The molecule has 5 nitrogen and oxygen atoms in total. The molecule has 0 saturated heterocycles. The monoisotopic (exact) mass is 376 g/mol. The minimum absolute atomic E-state index is 0.0565. The van der Waals surface area contributed by atoms with Gasteiger partial charge >= 0.3 is 0 Å². The predicted octanol–water partition coefficient (Wildman–Crippen LogP) is 2.95. The average Bonchev–Trinajstić information content (AvgIpc) is 2.62. The van der Waals surface area contributed by atoms with Crippen molar-refractivity contribution in [1.82, 2.24) is 10.0 Å². The number of thioether (sulfide) groups is 1. The highest BCUT2D eigenvalue weighted by Gasteiger charge is 2.23. The van der Waals surface area contributed by atoms with E-state index in [2.05, 4.69) is 16.1 Å². The molecule has 1 amide bonds. The molecule has 0 bridgehead atoms. The van der Waals surface area contributed by atoms with Crippen LogP contribution >= 0.6 is 11.8 Å². The van der Waals surface area contributed by atoms with E-state index in [-0.39, 0.29) is 16.8 Å². The molecule has 0 radical (unpaired) electrons. The summed E-state index contributed by atoms with van der Waals surface area (Å²) in [5, 5.41) is 3.03. The van der Waals surface area contributed by atoms with Crippen molar-refractivity contribution in [3.8, 4) is 0 Å². The van der Waals surface area contributed by atoms with Gasteiger partial charge in [0.05, 0.1) is 10.9 Å². The third kappa shape index (κ3) is 4.05. The number of rotatable bonds is 5. The van der Waals surface area contributed by atoms with Crippen LogP contribution in [0.5, 0.6) is 0 Å². The van der Waals surface area contributed by atoms with Crippen LogP contribution in [0.2, 0.25) is 0 Å². The van der Waals surface area contributed by atoms with Gasteiger partial charge < -0.3 is 5.32 Å². The Balaban J connectivity index is 1.81. The Morgan fingerprint density at radius 3 is 2.80 bits per heavy atom. The standard InChI is InChI=1S/C18H20N2O3S2/c1-2-19-25(22,23)14-7-5-6-13(12-14)18(21)20-16-10-11-24-17-9-4-3-8-15(16)17/h3-9,12,16,19H,2,10-11H2,1H3,(H,20,21)/t16-/m0/s1. The van der Waals surface area contributed by atoms with Crippen LogP contribution in [0.25, 0.3) is 0 Å². The molecule has 0 aromatic heterocycles. The first-order valence-electron chi connectivity index (χ1n) is 8.13. The van der Waals surface area contributed by atoms with Gasteiger partial charge in [-0.15, -0.1) is 11.8 Å². The third-order valence-corrected chi connectivity index (χ3v) is 6.67. The van der Waals surface area contributed by atoms with Gasteiger partial charge in [-0.1, -0.05) is 31.2 Å². The molecule has 0 unspecified atom stereocenters. The molecule has 2 aromatic rings. The van der Waals surface area contributed by atoms with Crippen LogP contribution in [0, 0.1) is 0 Å². The van der Waals surface area contributed by atoms with Gasteiger partial charge in [0.2, 0.25) is 10.0 Å². The fourth-order valence-corrected chi connectivity index (χ4v) is 5.02. The van der Waals surface area contributed by atoms with Crippen LogP contribution in [0.15, 0.2) is 58.3 Å². The highest BCUT2D eigenvalue weighted by Crippen LogP contribution is 2.35. The maximum absolute atomic E-state index is 12.6. The Bertz CT molecular complexity index is 881. The van der Waals surface area contributed by atoms with E-state index < -0.39 is 10.0 Å². The number of nitrogens with one attached hydrogen (secondary N) is 2. The second kappa shape index (κ2) is 7.59. The van der Waals surface area contributed by atoms with E-state index in [0.717, 1.165) is 17.7 Å². The SMILES string of the molecule is CCNS(=O)(=O)c1cccc(C(=O)N[C@H]2CCSc3ccccc32)c1. The maximum Gasteiger partial charge on any atom is 0.251 e. The van der Waals surface area contributed by atoms with Gasteiger partial charge in [-0.25, -0.2) is 13.1 Å². The zero-order valence-corrected chi connectivity index (χ0v) is 15.5. The molecule has 0 spiro atoms. The topological polar surface area (TPSA) is 75.3 Å². The molecule has 2 aromatic carbocycles. The average molecular weight is 377 g/mol. The zero-order chi connectivity index (χ0) is 17.9. The summed E-state index contributed by atoms with van der Waals surface area (Å²) in [6, 6.07) is 14.1. The van der Waals surface area contributed by atoms with Crippen molar-refractivity contribution in [2.45, 2.75) is 29.2 Å². The third-order valence-electron chi connectivity index (χ3n) is 4.00. The number of benzene rings is 2. The first kappa shape index (κ1) is 18.0. The van der Waals surface area contributed by atoms with Crippen molar-refractivity contribution in [3.05, 3.63) is 59.7 Å². The molecule has 3 rings (SSSR count). The van der Waals surface area contributed by atoms with Gasteiger partial charge in [0.1, 0.15) is 0 Å². The number of hydrogen-bond donors (Lipinski definition) is 2. The molecule has 0 fully saturated rings. The molecule has 1 atom stereocenters. The highest BCUT2D eigenvalue weighted by atomic mass is 32.2. The lowest BCUT2D eigenvalue weighted by Gasteiger charge is -2.26. The fraction of sp³-hybridized carbons (Fsp3) is 0.278. The van der Waals surface area contributed by atoms with Gasteiger partial charge in [0.15, 0.2) is 0 Å². The van der Waals surface area contributed by atoms with E-state index in [1.165, 1.54) is 17.0 Å². The summed E-state index contributed by atoms with van der Waals surface area (Å²) in [5.41, 5.74) is 1.46. The number of hydrogen-bond acceptors (Lipinski definition) is 4. The largest absolute Gasteiger partial charge is 0.345 e. The summed E-state index contributed by atoms with van der Waals surface area (Å²) >= 11 is 1.79. The van der Waals surface area contributed by atoms with Gasteiger partial charge in [-0.2, -0.15) is 0 Å². The molecule has 25 heavy (non-hydrogen) atoms. The fourth-order valence-electron chi connectivity index (χ4n) is 2.81. The predicted molar refractivity (Wildman–Crippen MR) is 99.3 cm³/mol. The Kier molecular flexibility index (Phi) is 5.46. The molecule has 2 N–H and O–H groups in total. The summed E-state index contributed by atoms with van der Waals surface area (Å²) < 4.78 is 26.7. The van der Waals surface area contributed by atoms with Crippen molar-refractivity contribution < 1.29 is 13.2 Å². The highest BCUT2D eigenvalue weighted by molar-refractivity contribution is 7.99. The van der Waals surface area contributed by atoms with Crippen LogP contribution in [0.3, 0.4) is 0 Å². The van der Waals surface area contributed by atoms with Crippen molar-refractivity contribution in [2.75, 3.05) is 12.3 Å². The molecule has 1 aliphatic rings. The first-order chi connectivity index (χ1) is 12.0. The van der Waals surface area contributed by atoms with Crippen LogP contribution in [-0.2, 0) is 10.0 Å². The lowest BCUT2D eigenvalue weighted by Crippen LogP contribution is -2.31. The molecule has 1 aliphatic heterocycles. The van der Waals surface area contributed by atoms with Crippen LogP contribution in [0.4, 0.5) is 0 Å². The minimum atomic E-state index is -3.58.